The average molecular weight is 359 g/mol. The van der Waals surface area contributed by atoms with E-state index in [1.165, 1.54) is 0 Å². The Morgan fingerprint density at radius 1 is 0.385 bits per heavy atom. The summed E-state index contributed by atoms with van der Waals surface area (Å²) in [5.74, 6) is 3.25. The molecule has 26 heavy (non-hydrogen) atoms. The summed E-state index contributed by atoms with van der Waals surface area (Å²) in [5, 5.41) is 0. The standard InChI is InChI=1S/C26H46/c1-15-16(2)24(12)18-17(23(15,11)21(24,7)8)25(13)19(3,4)20(5,6)26(18,14)22(25,9)10/h15-18H,1-14H3. The minimum absolute atomic E-state index is 0.336. The molecule has 4 bridgehead atoms. The van der Waals surface area contributed by atoms with Crippen LogP contribution in [0, 0.1) is 67.0 Å². The lowest BCUT2D eigenvalue weighted by Crippen LogP contribution is -2.60. The molecule has 0 nitrogen and oxygen atoms in total. The molecule has 0 aliphatic heterocycles. The molecule has 0 N–H and O–H groups in total. The highest BCUT2D eigenvalue weighted by atomic mass is 15.0. The van der Waals surface area contributed by atoms with Crippen molar-refractivity contribution in [3.05, 3.63) is 0 Å². The van der Waals surface area contributed by atoms with Gasteiger partial charge < -0.3 is 0 Å². The van der Waals surface area contributed by atoms with Crippen LogP contribution in [0.3, 0.4) is 0 Å². The lowest BCUT2D eigenvalue weighted by molar-refractivity contribution is -0.179. The van der Waals surface area contributed by atoms with Gasteiger partial charge in [0.25, 0.3) is 0 Å². The van der Waals surface area contributed by atoms with Crippen LogP contribution in [0.1, 0.15) is 96.9 Å². The van der Waals surface area contributed by atoms with E-state index in [-0.39, 0.29) is 0 Å². The summed E-state index contributed by atoms with van der Waals surface area (Å²) >= 11 is 0. The zero-order valence-corrected chi connectivity index (χ0v) is 20.3. The van der Waals surface area contributed by atoms with Crippen molar-refractivity contribution in [2.75, 3.05) is 0 Å². The van der Waals surface area contributed by atoms with Crippen molar-refractivity contribution >= 4 is 0 Å². The fourth-order valence-corrected chi connectivity index (χ4v) is 11.6. The molecule has 4 aliphatic rings. The van der Waals surface area contributed by atoms with Crippen molar-refractivity contribution in [3.8, 4) is 0 Å². The molecule has 0 saturated heterocycles. The molecular formula is C26H46. The molecule has 4 saturated carbocycles. The van der Waals surface area contributed by atoms with E-state index in [9.17, 15) is 0 Å². The van der Waals surface area contributed by atoms with E-state index >= 15 is 0 Å². The fourth-order valence-electron chi connectivity index (χ4n) is 11.6. The third-order valence-corrected chi connectivity index (χ3v) is 15.0. The van der Waals surface area contributed by atoms with Crippen LogP contribution in [0.5, 0.6) is 0 Å². The lowest BCUT2D eigenvalue weighted by atomic mass is 9.39. The molecule has 0 radical (unpaired) electrons. The number of hydrogen-bond acceptors (Lipinski definition) is 0. The molecule has 0 heterocycles. The van der Waals surface area contributed by atoms with Crippen molar-refractivity contribution in [2.24, 2.45) is 67.0 Å². The van der Waals surface area contributed by atoms with E-state index in [0.717, 1.165) is 23.7 Å². The SMILES string of the molecule is CC1C(C)C2(C)C3C(C1(C)C2(C)C)C1(C)C(C)(C)C(C)(C)C3(C)C1(C)C. The first kappa shape index (κ1) is 19.3. The first-order valence-electron chi connectivity index (χ1n) is 11.3. The Labute approximate surface area is 164 Å². The van der Waals surface area contributed by atoms with Crippen LogP contribution < -0.4 is 0 Å². The van der Waals surface area contributed by atoms with Crippen molar-refractivity contribution < 1.29 is 0 Å². The zero-order valence-electron chi connectivity index (χ0n) is 20.3. The molecule has 0 aromatic heterocycles. The molecule has 8 atom stereocenters. The predicted octanol–water partition coefficient (Wildman–Crippen LogP) is 7.68. The van der Waals surface area contributed by atoms with Crippen molar-refractivity contribution in [2.45, 2.75) is 96.9 Å². The molecule has 8 unspecified atom stereocenters. The van der Waals surface area contributed by atoms with Crippen molar-refractivity contribution in [1.29, 1.82) is 0 Å². The molecule has 0 heteroatoms. The topological polar surface area (TPSA) is 0 Å². The molecule has 0 aromatic carbocycles. The number of rotatable bonds is 0. The van der Waals surface area contributed by atoms with Gasteiger partial charge in [-0.1, -0.05) is 96.9 Å². The summed E-state index contributed by atoms with van der Waals surface area (Å²) in [6, 6.07) is 0. The highest BCUT2D eigenvalue weighted by molar-refractivity contribution is 5.41. The average Bonchev–Trinajstić information content (AvgIpc) is 2.82. The normalized spacial score (nSPS) is 62.5. The summed E-state index contributed by atoms with van der Waals surface area (Å²) < 4.78 is 0. The third kappa shape index (κ3) is 1.11. The lowest BCUT2D eigenvalue weighted by Gasteiger charge is -2.65. The van der Waals surface area contributed by atoms with Crippen LogP contribution >= 0.6 is 0 Å². The Hall–Kier alpha value is 0. The summed E-state index contributed by atoms with van der Waals surface area (Å²) in [4.78, 5) is 0. The first-order chi connectivity index (χ1) is 11.3. The molecular weight excluding hydrogens is 312 g/mol. The zero-order chi connectivity index (χ0) is 20.3. The molecule has 0 amide bonds. The predicted molar refractivity (Wildman–Crippen MR) is 113 cm³/mol. The smallest absolute Gasteiger partial charge is 0.0176 e. The van der Waals surface area contributed by atoms with E-state index in [1.54, 1.807) is 0 Å². The minimum Gasteiger partial charge on any atom is -0.0617 e. The molecule has 4 aliphatic carbocycles. The van der Waals surface area contributed by atoms with Crippen molar-refractivity contribution in [3.63, 3.8) is 0 Å². The Bertz CT molecular complexity index is 637. The van der Waals surface area contributed by atoms with Gasteiger partial charge >= 0.3 is 0 Å². The van der Waals surface area contributed by atoms with Gasteiger partial charge in [-0.2, -0.15) is 0 Å². The van der Waals surface area contributed by atoms with E-state index < -0.39 is 0 Å². The van der Waals surface area contributed by atoms with Crippen LogP contribution in [0.2, 0.25) is 0 Å². The Kier molecular flexibility index (Phi) is 2.97. The first-order valence-corrected chi connectivity index (χ1v) is 11.3. The molecule has 4 rings (SSSR count). The molecule has 0 spiro atoms. The largest absolute Gasteiger partial charge is 0.0617 e. The van der Waals surface area contributed by atoms with Crippen LogP contribution in [-0.2, 0) is 0 Å². The summed E-state index contributed by atoms with van der Waals surface area (Å²) in [5.41, 5.74) is 2.98. The third-order valence-electron chi connectivity index (χ3n) is 15.0. The van der Waals surface area contributed by atoms with E-state index in [2.05, 4.69) is 96.9 Å². The van der Waals surface area contributed by atoms with Crippen LogP contribution in [0.25, 0.3) is 0 Å². The monoisotopic (exact) mass is 358 g/mol. The maximum atomic E-state index is 2.72. The van der Waals surface area contributed by atoms with Crippen LogP contribution in [-0.4, -0.2) is 0 Å². The second-order valence-electron chi connectivity index (χ2n) is 14.0. The van der Waals surface area contributed by atoms with Crippen LogP contribution in [0.15, 0.2) is 0 Å². The summed E-state index contributed by atoms with van der Waals surface area (Å²) in [6.45, 7) is 37.1. The Morgan fingerprint density at radius 3 is 0.923 bits per heavy atom. The Morgan fingerprint density at radius 2 is 0.654 bits per heavy atom. The van der Waals surface area contributed by atoms with Gasteiger partial charge in [-0.15, -0.1) is 0 Å². The molecule has 4 fully saturated rings. The summed E-state index contributed by atoms with van der Waals surface area (Å²) in [6.07, 6.45) is 0. The second-order valence-corrected chi connectivity index (χ2v) is 14.0. The van der Waals surface area contributed by atoms with Gasteiger partial charge in [0.05, 0.1) is 0 Å². The van der Waals surface area contributed by atoms with Crippen molar-refractivity contribution in [1.82, 2.24) is 0 Å². The van der Waals surface area contributed by atoms with Gasteiger partial charge in [-0.05, 0) is 67.0 Å². The van der Waals surface area contributed by atoms with E-state index in [4.69, 9.17) is 0 Å². The minimum atomic E-state index is 0.336. The maximum Gasteiger partial charge on any atom is -0.0176 e. The fraction of sp³-hybridized carbons (Fsp3) is 1.00. The van der Waals surface area contributed by atoms with Gasteiger partial charge in [0.1, 0.15) is 0 Å². The van der Waals surface area contributed by atoms with Gasteiger partial charge in [-0.3, -0.25) is 0 Å². The highest BCUT2D eigenvalue weighted by Crippen LogP contribution is 2.98. The summed E-state index contributed by atoms with van der Waals surface area (Å²) in [7, 11) is 0. The number of hydrogen-bond donors (Lipinski definition) is 0. The molecule has 150 valence electrons. The molecule has 0 aromatic rings. The van der Waals surface area contributed by atoms with Gasteiger partial charge in [0, 0.05) is 0 Å². The van der Waals surface area contributed by atoms with Gasteiger partial charge in [-0.25, -0.2) is 0 Å². The maximum absolute atomic E-state index is 2.72. The quantitative estimate of drug-likeness (QED) is 0.390. The van der Waals surface area contributed by atoms with Crippen LogP contribution in [0.4, 0.5) is 0 Å². The van der Waals surface area contributed by atoms with E-state index in [1.807, 2.05) is 0 Å². The van der Waals surface area contributed by atoms with E-state index in [0.29, 0.717) is 43.3 Å². The van der Waals surface area contributed by atoms with Gasteiger partial charge in [0.2, 0.25) is 0 Å². The number of fused-ring (bicyclic) bond motifs is 9. The second kappa shape index (κ2) is 4.00. The highest BCUT2D eigenvalue weighted by Gasteiger charge is 2.94. The van der Waals surface area contributed by atoms with Gasteiger partial charge in [0.15, 0.2) is 0 Å². The Balaban J connectivity index is 2.16.